The molecule has 18 heteroatoms. The van der Waals surface area contributed by atoms with Gasteiger partial charge in [0.1, 0.15) is 18.4 Å². The van der Waals surface area contributed by atoms with Crippen LogP contribution in [0.4, 0.5) is 0 Å². The number of amides is 3. The number of hydrogen-bond acceptors (Lipinski definition) is 13. The van der Waals surface area contributed by atoms with E-state index in [9.17, 15) is 27.6 Å². The van der Waals surface area contributed by atoms with Crippen molar-refractivity contribution in [3.05, 3.63) is 59.2 Å². The first-order valence-electron chi connectivity index (χ1n) is 18.8. The first-order valence-corrected chi connectivity index (χ1v) is 20.3. The maximum absolute atomic E-state index is 13.4. The summed E-state index contributed by atoms with van der Waals surface area (Å²) in [6.45, 7) is 12.0. The summed E-state index contributed by atoms with van der Waals surface area (Å²) in [6, 6.07) is 11.3. The molecule has 2 N–H and O–H groups in total. The molecule has 0 aliphatic carbocycles. The molecular weight excluding hydrogens is 765 g/mol. The van der Waals surface area contributed by atoms with Crippen LogP contribution < -0.4 is 14.8 Å². The zero-order valence-corrected chi connectivity index (χ0v) is 34.8. The van der Waals surface area contributed by atoms with Gasteiger partial charge in [-0.2, -0.15) is 4.72 Å². The highest BCUT2D eigenvalue weighted by Gasteiger charge is 2.32. The zero-order valence-electron chi connectivity index (χ0n) is 34.0. The molecule has 1 atom stereocenters. The Morgan fingerprint density at radius 1 is 0.825 bits per heavy atom. The molecule has 57 heavy (non-hydrogen) atoms. The summed E-state index contributed by atoms with van der Waals surface area (Å²) < 4.78 is 56.3. The van der Waals surface area contributed by atoms with Crippen molar-refractivity contribution in [2.75, 3.05) is 73.0 Å². The third-order valence-corrected chi connectivity index (χ3v) is 9.51. The standard InChI is InChI=1S/C39H60N4O13S/c1-31-25-34(26-32(2)37(31)57(48,49)41-35(38(47)50-6)27-43(30-45)56-39(3,4)5)54-20-10-15-36(46)40-16-11-18-51-21-23-53-24-22-52-19-12-17-42(29-44)55-28-33-13-8-7-9-14-33/h7-9,13-14,25-26,29-30,35,41H,10-12,15-24,27-28H2,1-6H3,(H,40,46). The van der Waals surface area contributed by atoms with Crippen molar-refractivity contribution < 1.29 is 61.0 Å². The number of rotatable bonds is 31. The SMILES string of the molecule is COC(=O)C(CN(C=O)OC(C)(C)C)NS(=O)(=O)c1c(C)cc(OCCCC(=O)NCCCOCCOCCOCCCN(C=O)OCc2ccccc2)cc1C. The summed E-state index contributed by atoms with van der Waals surface area (Å²) in [5.74, 6) is -0.589. The zero-order chi connectivity index (χ0) is 42.1. The molecule has 2 aromatic carbocycles. The number of nitrogens with zero attached hydrogens (tertiary/aromatic N) is 2. The van der Waals surface area contributed by atoms with Crippen molar-refractivity contribution in [2.24, 2.45) is 0 Å². The summed E-state index contributed by atoms with van der Waals surface area (Å²) in [6.07, 6.45) is 2.98. The van der Waals surface area contributed by atoms with E-state index >= 15 is 0 Å². The Bertz CT molecular complexity index is 1580. The van der Waals surface area contributed by atoms with Crippen LogP contribution in [-0.2, 0) is 64.4 Å². The number of hydrogen-bond donors (Lipinski definition) is 2. The van der Waals surface area contributed by atoms with E-state index in [4.69, 9.17) is 33.4 Å². The molecule has 0 saturated carbocycles. The lowest BCUT2D eigenvalue weighted by molar-refractivity contribution is -0.218. The van der Waals surface area contributed by atoms with Gasteiger partial charge in [-0.25, -0.2) is 18.5 Å². The summed E-state index contributed by atoms with van der Waals surface area (Å²) in [7, 11) is -3.14. The minimum Gasteiger partial charge on any atom is -0.494 e. The van der Waals surface area contributed by atoms with Crippen molar-refractivity contribution in [3.8, 4) is 5.75 Å². The Kier molecular flexibility index (Phi) is 22.9. The van der Waals surface area contributed by atoms with Crippen LogP contribution in [0.1, 0.15) is 63.1 Å². The van der Waals surface area contributed by atoms with Gasteiger partial charge in [0.15, 0.2) is 0 Å². The number of nitrogens with one attached hydrogen (secondary N) is 2. The highest BCUT2D eigenvalue weighted by Crippen LogP contribution is 2.26. The van der Waals surface area contributed by atoms with Crippen molar-refractivity contribution in [1.29, 1.82) is 0 Å². The highest BCUT2D eigenvalue weighted by atomic mass is 32.2. The first-order chi connectivity index (χ1) is 27.2. The first kappa shape index (κ1) is 49.0. The molecule has 320 valence electrons. The van der Waals surface area contributed by atoms with E-state index in [1.54, 1.807) is 46.8 Å². The van der Waals surface area contributed by atoms with Gasteiger partial charge < -0.3 is 29.0 Å². The van der Waals surface area contributed by atoms with Crippen molar-refractivity contribution >= 4 is 34.7 Å². The number of carbonyl (C=O) groups is 4. The molecule has 0 aromatic heterocycles. The van der Waals surface area contributed by atoms with Crippen LogP contribution in [-0.4, -0.2) is 128 Å². The van der Waals surface area contributed by atoms with Gasteiger partial charge in [-0.05, 0) is 82.7 Å². The number of aryl methyl sites for hydroxylation is 2. The van der Waals surface area contributed by atoms with Gasteiger partial charge in [-0.1, -0.05) is 30.3 Å². The van der Waals surface area contributed by atoms with Gasteiger partial charge in [0.05, 0.1) is 63.7 Å². The quantitative estimate of drug-likeness (QED) is 0.0488. The Morgan fingerprint density at radius 3 is 2.00 bits per heavy atom. The van der Waals surface area contributed by atoms with Crippen LogP contribution in [0.5, 0.6) is 5.75 Å². The fraction of sp³-hybridized carbons (Fsp3) is 0.590. The Morgan fingerprint density at radius 2 is 1.42 bits per heavy atom. The van der Waals surface area contributed by atoms with Crippen molar-refractivity contribution in [2.45, 2.75) is 83.4 Å². The van der Waals surface area contributed by atoms with Gasteiger partial charge >= 0.3 is 5.97 Å². The van der Waals surface area contributed by atoms with E-state index < -0.39 is 34.2 Å². The van der Waals surface area contributed by atoms with Gasteiger partial charge in [-0.3, -0.25) is 28.9 Å². The van der Waals surface area contributed by atoms with E-state index in [-0.39, 0.29) is 23.8 Å². The molecule has 0 spiro atoms. The van der Waals surface area contributed by atoms with Crippen molar-refractivity contribution in [1.82, 2.24) is 20.2 Å². The Labute approximate surface area is 336 Å². The highest BCUT2D eigenvalue weighted by molar-refractivity contribution is 7.89. The molecule has 3 amide bonds. The van der Waals surface area contributed by atoms with Crippen molar-refractivity contribution in [3.63, 3.8) is 0 Å². The second-order valence-electron chi connectivity index (χ2n) is 13.8. The second kappa shape index (κ2) is 26.7. The number of hydroxylamine groups is 4. The normalized spacial score (nSPS) is 12.1. The summed E-state index contributed by atoms with van der Waals surface area (Å²) in [5, 5.41) is 4.96. The molecule has 17 nitrogen and oxygen atoms in total. The molecule has 0 radical (unpaired) electrons. The monoisotopic (exact) mass is 824 g/mol. The number of benzene rings is 2. The Balaban J connectivity index is 1.57. The second-order valence-corrected chi connectivity index (χ2v) is 15.5. The lowest BCUT2D eigenvalue weighted by atomic mass is 10.1. The lowest BCUT2D eigenvalue weighted by Gasteiger charge is -2.29. The molecule has 0 aliphatic heterocycles. The number of methoxy groups -OCH3 is 1. The minimum absolute atomic E-state index is 0.0442. The topological polar surface area (TPSA) is 198 Å². The number of esters is 1. The predicted molar refractivity (Wildman–Crippen MR) is 209 cm³/mol. The van der Waals surface area contributed by atoms with Crippen LogP contribution in [0, 0.1) is 13.8 Å². The molecule has 1 unspecified atom stereocenters. The fourth-order valence-electron chi connectivity index (χ4n) is 5.26. The van der Waals surface area contributed by atoms with Crippen LogP contribution in [0.25, 0.3) is 0 Å². The van der Waals surface area contributed by atoms with E-state index in [0.717, 1.165) is 17.7 Å². The van der Waals surface area contributed by atoms with E-state index in [0.29, 0.717) is 108 Å². The largest absolute Gasteiger partial charge is 0.494 e. The average molecular weight is 825 g/mol. The van der Waals surface area contributed by atoms with E-state index in [1.165, 1.54) is 5.06 Å². The lowest BCUT2D eigenvalue weighted by Crippen LogP contribution is -2.50. The van der Waals surface area contributed by atoms with Crippen LogP contribution in [0.2, 0.25) is 0 Å². The molecule has 0 bridgehead atoms. The summed E-state index contributed by atoms with van der Waals surface area (Å²) in [4.78, 5) is 58.4. The average Bonchev–Trinajstić information content (AvgIpc) is 3.16. The number of ether oxygens (including phenoxy) is 5. The molecule has 0 aliphatic rings. The molecule has 0 saturated heterocycles. The molecule has 2 rings (SSSR count). The van der Waals surface area contributed by atoms with Gasteiger partial charge in [-0.15, -0.1) is 0 Å². The molecular formula is C39H60N4O13S. The Hall–Kier alpha value is -4.17. The molecule has 2 aromatic rings. The van der Waals surface area contributed by atoms with Gasteiger partial charge in [0, 0.05) is 26.2 Å². The molecule has 0 fully saturated rings. The predicted octanol–water partition coefficient (Wildman–Crippen LogP) is 3.01. The number of carbonyl (C=O) groups excluding carboxylic acids is 4. The van der Waals surface area contributed by atoms with Crippen LogP contribution >= 0.6 is 0 Å². The smallest absolute Gasteiger partial charge is 0.325 e. The van der Waals surface area contributed by atoms with Gasteiger partial charge in [0.25, 0.3) is 0 Å². The third kappa shape index (κ3) is 20.7. The fourth-order valence-corrected chi connectivity index (χ4v) is 6.89. The maximum Gasteiger partial charge on any atom is 0.325 e. The third-order valence-electron chi connectivity index (χ3n) is 7.73. The number of sulfonamides is 1. The van der Waals surface area contributed by atoms with Crippen LogP contribution in [0.3, 0.4) is 0 Å². The van der Waals surface area contributed by atoms with Crippen LogP contribution in [0.15, 0.2) is 47.4 Å². The summed E-state index contributed by atoms with van der Waals surface area (Å²) >= 11 is 0. The molecule has 0 heterocycles. The summed E-state index contributed by atoms with van der Waals surface area (Å²) in [5.41, 5.74) is 0.954. The van der Waals surface area contributed by atoms with E-state index in [2.05, 4.69) is 10.0 Å². The van der Waals surface area contributed by atoms with Gasteiger partial charge in [0.2, 0.25) is 28.8 Å². The minimum atomic E-state index is -4.25. The maximum atomic E-state index is 13.4. The van der Waals surface area contributed by atoms with E-state index in [1.807, 2.05) is 30.3 Å².